The minimum Gasteiger partial charge on any atom is -0.325 e. The van der Waals surface area contributed by atoms with E-state index in [2.05, 4.69) is 5.32 Å². The number of nitrogens with zero attached hydrogens (tertiary/aromatic N) is 1. The zero-order valence-electron chi connectivity index (χ0n) is 11.3. The maximum atomic E-state index is 12.8. The van der Waals surface area contributed by atoms with E-state index in [-0.39, 0.29) is 23.8 Å². The highest BCUT2D eigenvalue weighted by molar-refractivity contribution is 5.93. The Balaban J connectivity index is 2.11. The molecule has 0 atom stereocenters. The summed E-state index contributed by atoms with van der Waals surface area (Å²) in [5, 5.41) is 13.5. The Morgan fingerprint density at radius 1 is 1.24 bits per heavy atom. The molecule has 0 aliphatic rings. The lowest BCUT2D eigenvalue weighted by Crippen LogP contribution is -2.15. The van der Waals surface area contributed by atoms with Gasteiger partial charge in [-0.05, 0) is 30.7 Å². The van der Waals surface area contributed by atoms with Gasteiger partial charge in [0.05, 0.1) is 22.6 Å². The summed E-state index contributed by atoms with van der Waals surface area (Å²) in [6.07, 6.45) is 0.0718. The summed E-state index contributed by atoms with van der Waals surface area (Å²) in [6, 6.07) is 10.1. The number of hydrogen-bond donors (Lipinski definition) is 1. The maximum absolute atomic E-state index is 12.8. The van der Waals surface area contributed by atoms with Gasteiger partial charge in [0.15, 0.2) is 0 Å². The van der Waals surface area contributed by atoms with Gasteiger partial charge in [0.1, 0.15) is 5.82 Å². The number of nitro benzene ring substituents is 1. The third-order valence-electron chi connectivity index (χ3n) is 3.05. The average Bonchev–Trinajstić information content (AvgIpc) is 2.43. The van der Waals surface area contributed by atoms with Crippen LogP contribution in [0.25, 0.3) is 0 Å². The second-order valence-electron chi connectivity index (χ2n) is 4.56. The van der Waals surface area contributed by atoms with Crippen molar-refractivity contribution in [2.24, 2.45) is 0 Å². The molecule has 0 aromatic heterocycles. The first-order valence-corrected chi connectivity index (χ1v) is 6.25. The summed E-state index contributed by atoms with van der Waals surface area (Å²) in [4.78, 5) is 22.3. The molecule has 1 N–H and O–H groups in total. The lowest BCUT2D eigenvalue weighted by Gasteiger charge is -2.08. The van der Waals surface area contributed by atoms with Crippen LogP contribution >= 0.6 is 0 Å². The van der Waals surface area contributed by atoms with Gasteiger partial charge < -0.3 is 5.32 Å². The standard InChI is InChI=1S/C15H13FN2O3/c1-10-13(3-2-4-14(10)18(20)21)17-15(19)9-11-5-7-12(16)8-6-11/h2-8H,9H2,1H3,(H,17,19). The second-order valence-corrected chi connectivity index (χ2v) is 4.56. The van der Waals surface area contributed by atoms with Crippen LogP contribution in [0.2, 0.25) is 0 Å². The lowest BCUT2D eigenvalue weighted by molar-refractivity contribution is -0.385. The fourth-order valence-corrected chi connectivity index (χ4v) is 1.94. The molecule has 1 amide bonds. The van der Waals surface area contributed by atoms with Crippen molar-refractivity contribution >= 4 is 17.3 Å². The molecular weight excluding hydrogens is 275 g/mol. The van der Waals surface area contributed by atoms with Gasteiger partial charge in [-0.1, -0.05) is 18.2 Å². The Morgan fingerprint density at radius 2 is 1.90 bits per heavy atom. The molecule has 0 heterocycles. The molecule has 0 radical (unpaired) electrons. The van der Waals surface area contributed by atoms with Crippen LogP contribution in [0.1, 0.15) is 11.1 Å². The van der Waals surface area contributed by atoms with Crippen molar-refractivity contribution in [3.8, 4) is 0 Å². The van der Waals surface area contributed by atoms with Crippen molar-refractivity contribution in [1.29, 1.82) is 0 Å². The summed E-state index contributed by atoms with van der Waals surface area (Å²) >= 11 is 0. The largest absolute Gasteiger partial charge is 0.325 e. The zero-order valence-corrected chi connectivity index (χ0v) is 11.3. The summed E-state index contributed by atoms with van der Waals surface area (Å²) in [5.74, 6) is -0.682. The van der Waals surface area contributed by atoms with E-state index in [0.29, 0.717) is 16.8 Å². The van der Waals surface area contributed by atoms with E-state index in [4.69, 9.17) is 0 Å². The van der Waals surface area contributed by atoms with Gasteiger partial charge in [0.2, 0.25) is 5.91 Å². The quantitative estimate of drug-likeness (QED) is 0.693. The predicted molar refractivity (Wildman–Crippen MR) is 76.6 cm³/mol. The number of halogens is 1. The topological polar surface area (TPSA) is 72.2 Å². The van der Waals surface area contributed by atoms with E-state index < -0.39 is 4.92 Å². The smallest absolute Gasteiger partial charge is 0.274 e. The van der Waals surface area contributed by atoms with Crippen LogP contribution in [-0.4, -0.2) is 10.8 Å². The molecule has 2 rings (SSSR count). The van der Waals surface area contributed by atoms with E-state index in [0.717, 1.165) is 0 Å². The predicted octanol–water partition coefficient (Wildman–Crippen LogP) is 3.22. The van der Waals surface area contributed by atoms with Crippen LogP contribution in [0.5, 0.6) is 0 Å². The van der Waals surface area contributed by atoms with Crippen molar-refractivity contribution in [2.75, 3.05) is 5.32 Å². The van der Waals surface area contributed by atoms with Crippen LogP contribution in [0.15, 0.2) is 42.5 Å². The first-order valence-electron chi connectivity index (χ1n) is 6.25. The van der Waals surface area contributed by atoms with Gasteiger partial charge in [-0.15, -0.1) is 0 Å². The van der Waals surface area contributed by atoms with E-state index in [1.807, 2.05) is 0 Å². The molecule has 5 nitrogen and oxygen atoms in total. The van der Waals surface area contributed by atoms with Gasteiger partial charge in [0, 0.05) is 6.07 Å². The Morgan fingerprint density at radius 3 is 2.52 bits per heavy atom. The van der Waals surface area contributed by atoms with Crippen LogP contribution in [-0.2, 0) is 11.2 Å². The molecular formula is C15H13FN2O3. The zero-order chi connectivity index (χ0) is 15.4. The molecule has 21 heavy (non-hydrogen) atoms. The molecule has 0 unspecified atom stereocenters. The van der Waals surface area contributed by atoms with Crippen molar-refractivity contribution in [1.82, 2.24) is 0 Å². The number of amides is 1. The summed E-state index contributed by atoms with van der Waals surface area (Å²) in [7, 11) is 0. The third kappa shape index (κ3) is 3.62. The van der Waals surface area contributed by atoms with Gasteiger partial charge in [0.25, 0.3) is 5.69 Å². The van der Waals surface area contributed by atoms with Gasteiger partial charge in [-0.25, -0.2) is 4.39 Å². The highest BCUT2D eigenvalue weighted by atomic mass is 19.1. The minimum absolute atomic E-state index is 0.0467. The summed E-state index contributed by atoms with van der Waals surface area (Å²) in [5.41, 5.74) is 1.41. The molecule has 0 spiro atoms. The highest BCUT2D eigenvalue weighted by Crippen LogP contribution is 2.25. The summed E-state index contributed by atoms with van der Waals surface area (Å²) < 4.78 is 12.8. The maximum Gasteiger partial charge on any atom is 0.274 e. The third-order valence-corrected chi connectivity index (χ3v) is 3.05. The number of hydrogen-bond acceptors (Lipinski definition) is 3. The fourth-order valence-electron chi connectivity index (χ4n) is 1.94. The molecule has 0 saturated heterocycles. The van der Waals surface area contributed by atoms with E-state index >= 15 is 0 Å². The normalized spacial score (nSPS) is 10.2. The van der Waals surface area contributed by atoms with Crippen LogP contribution in [0, 0.1) is 22.9 Å². The van der Waals surface area contributed by atoms with Gasteiger partial charge in [-0.2, -0.15) is 0 Å². The number of rotatable bonds is 4. The molecule has 2 aromatic carbocycles. The van der Waals surface area contributed by atoms with E-state index in [1.54, 1.807) is 13.0 Å². The first kappa shape index (κ1) is 14.6. The highest BCUT2D eigenvalue weighted by Gasteiger charge is 2.14. The summed E-state index contributed by atoms with van der Waals surface area (Å²) in [6.45, 7) is 1.58. The average molecular weight is 288 g/mol. The van der Waals surface area contributed by atoms with Crippen LogP contribution < -0.4 is 5.32 Å². The Labute approximate surface area is 120 Å². The monoisotopic (exact) mass is 288 g/mol. The molecule has 2 aromatic rings. The molecule has 0 aliphatic heterocycles. The number of nitrogens with one attached hydrogen (secondary N) is 1. The van der Waals surface area contributed by atoms with Crippen molar-refractivity contribution in [3.05, 3.63) is 69.5 Å². The molecule has 0 fully saturated rings. The number of carbonyl (C=O) groups is 1. The number of anilines is 1. The SMILES string of the molecule is Cc1c(NC(=O)Cc2ccc(F)cc2)cccc1[N+](=O)[O-]. The number of carbonyl (C=O) groups excluding carboxylic acids is 1. The van der Waals surface area contributed by atoms with Crippen molar-refractivity contribution in [2.45, 2.75) is 13.3 Å². The van der Waals surface area contributed by atoms with Crippen molar-refractivity contribution < 1.29 is 14.1 Å². The fraction of sp³-hybridized carbons (Fsp3) is 0.133. The second kappa shape index (κ2) is 6.13. The van der Waals surface area contributed by atoms with Gasteiger partial charge in [-0.3, -0.25) is 14.9 Å². The molecule has 0 aliphatic carbocycles. The molecule has 108 valence electrons. The van der Waals surface area contributed by atoms with E-state index in [1.165, 1.54) is 36.4 Å². The molecule has 0 bridgehead atoms. The Kier molecular flexibility index (Phi) is 4.27. The molecule has 6 heteroatoms. The van der Waals surface area contributed by atoms with Crippen LogP contribution in [0.3, 0.4) is 0 Å². The first-order chi connectivity index (χ1) is 9.97. The minimum atomic E-state index is -0.495. The van der Waals surface area contributed by atoms with E-state index in [9.17, 15) is 19.3 Å². The van der Waals surface area contributed by atoms with Crippen molar-refractivity contribution in [3.63, 3.8) is 0 Å². The molecule has 0 saturated carbocycles. The number of benzene rings is 2. The van der Waals surface area contributed by atoms with Gasteiger partial charge >= 0.3 is 0 Å². The van der Waals surface area contributed by atoms with Crippen LogP contribution in [0.4, 0.5) is 15.8 Å². The Hall–Kier alpha value is -2.76. The lowest BCUT2D eigenvalue weighted by atomic mass is 10.1. The Bertz CT molecular complexity index is 684. The number of nitro groups is 1.